The standard InChI is InChI=1S/C15H11Cl2N3O3S2/c16-8-1-2-10(17)7(3-8)4-9-6-18-14(24-9)19-12(21)5-11-13(22)20-15(23)25-11/h1-3,6,11H,4-5H2,(H,18,19,21)(H,20,22,23). The van der Waals surface area contributed by atoms with Gasteiger partial charge in [0.1, 0.15) is 5.25 Å². The predicted molar refractivity (Wildman–Crippen MR) is 99.5 cm³/mol. The molecule has 130 valence electrons. The molecule has 2 aromatic rings. The Labute approximate surface area is 161 Å². The number of carbonyl (C=O) groups excluding carboxylic acids is 3. The van der Waals surface area contributed by atoms with Crippen LogP contribution in [-0.4, -0.2) is 27.3 Å². The third-order valence-corrected chi connectivity index (χ3v) is 5.81. The lowest BCUT2D eigenvalue weighted by atomic mass is 10.1. The second-order valence-electron chi connectivity index (χ2n) is 5.18. The molecular formula is C15H11Cl2N3O3S2. The molecule has 0 radical (unpaired) electrons. The molecule has 1 aromatic heterocycles. The van der Waals surface area contributed by atoms with Gasteiger partial charge in [0.05, 0.1) is 0 Å². The summed E-state index contributed by atoms with van der Waals surface area (Å²) in [6.45, 7) is 0. The van der Waals surface area contributed by atoms with Crippen molar-refractivity contribution in [1.82, 2.24) is 10.3 Å². The highest BCUT2D eigenvalue weighted by molar-refractivity contribution is 8.15. The van der Waals surface area contributed by atoms with Crippen LogP contribution in [0.15, 0.2) is 24.4 Å². The number of nitrogens with one attached hydrogen (secondary N) is 2. The van der Waals surface area contributed by atoms with Crippen molar-refractivity contribution in [2.75, 3.05) is 5.32 Å². The van der Waals surface area contributed by atoms with E-state index in [9.17, 15) is 14.4 Å². The average molecular weight is 416 g/mol. The number of thioether (sulfide) groups is 1. The van der Waals surface area contributed by atoms with Crippen LogP contribution >= 0.6 is 46.3 Å². The zero-order valence-electron chi connectivity index (χ0n) is 12.5. The lowest BCUT2D eigenvalue weighted by Crippen LogP contribution is -2.27. The van der Waals surface area contributed by atoms with E-state index in [4.69, 9.17) is 23.2 Å². The summed E-state index contributed by atoms with van der Waals surface area (Å²) in [6, 6.07) is 5.23. The third kappa shape index (κ3) is 4.72. The van der Waals surface area contributed by atoms with Crippen LogP contribution in [0.1, 0.15) is 16.9 Å². The van der Waals surface area contributed by atoms with E-state index in [0.717, 1.165) is 22.2 Å². The van der Waals surface area contributed by atoms with Gasteiger partial charge < -0.3 is 5.32 Å². The summed E-state index contributed by atoms with van der Waals surface area (Å²) in [4.78, 5) is 39.6. The third-order valence-electron chi connectivity index (χ3n) is 3.31. The molecule has 2 heterocycles. The van der Waals surface area contributed by atoms with Gasteiger partial charge in [-0.25, -0.2) is 4.98 Å². The highest BCUT2D eigenvalue weighted by Crippen LogP contribution is 2.27. The van der Waals surface area contributed by atoms with E-state index in [1.165, 1.54) is 11.3 Å². The number of rotatable bonds is 5. The summed E-state index contributed by atoms with van der Waals surface area (Å²) in [7, 11) is 0. The Hall–Kier alpha value is -1.61. The number of thiazole rings is 1. The number of carbonyl (C=O) groups is 3. The van der Waals surface area contributed by atoms with Crippen molar-refractivity contribution >= 4 is 68.5 Å². The Morgan fingerprint density at radius 1 is 1.32 bits per heavy atom. The summed E-state index contributed by atoms with van der Waals surface area (Å²) in [5.74, 6) is -0.815. The molecular weight excluding hydrogens is 405 g/mol. The monoisotopic (exact) mass is 415 g/mol. The lowest BCUT2D eigenvalue weighted by Gasteiger charge is -2.04. The molecule has 1 aromatic carbocycles. The minimum atomic E-state index is -0.697. The molecule has 2 N–H and O–H groups in total. The van der Waals surface area contributed by atoms with Gasteiger partial charge in [-0.3, -0.25) is 19.7 Å². The fourth-order valence-corrected chi connectivity index (χ4v) is 4.23. The SMILES string of the molecule is O=C(CC1SC(=O)NC1=O)Nc1ncc(Cc2cc(Cl)ccc2Cl)s1. The first-order chi connectivity index (χ1) is 11.9. The maximum absolute atomic E-state index is 12.0. The largest absolute Gasteiger partial charge is 0.302 e. The molecule has 1 aliphatic rings. The molecule has 3 amide bonds. The van der Waals surface area contributed by atoms with E-state index >= 15 is 0 Å². The van der Waals surface area contributed by atoms with Crippen molar-refractivity contribution in [2.24, 2.45) is 0 Å². The molecule has 0 saturated carbocycles. The van der Waals surface area contributed by atoms with E-state index in [1.807, 2.05) is 0 Å². The zero-order chi connectivity index (χ0) is 18.0. The van der Waals surface area contributed by atoms with Crippen molar-refractivity contribution in [3.8, 4) is 0 Å². The van der Waals surface area contributed by atoms with E-state index in [2.05, 4.69) is 15.6 Å². The number of amides is 3. The minimum Gasteiger partial charge on any atom is -0.302 e. The Bertz CT molecular complexity index is 856. The van der Waals surface area contributed by atoms with Crippen LogP contribution in [0.2, 0.25) is 10.0 Å². The molecule has 0 spiro atoms. The fourth-order valence-electron chi connectivity index (χ4n) is 2.18. The van der Waals surface area contributed by atoms with Crippen molar-refractivity contribution in [3.05, 3.63) is 44.9 Å². The second kappa shape index (κ2) is 7.74. The number of anilines is 1. The van der Waals surface area contributed by atoms with E-state index in [0.29, 0.717) is 21.6 Å². The Kier molecular flexibility index (Phi) is 5.63. The van der Waals surface area contributed by atoms with E-state index in [-0.39, 0.29) is 12.3 Å². The van der Waals surface area contributed by atoms with Gasteiger partial charge in [0, 0.05) is 34.0 Å². The molecule has 25 heavy (non-hydrogen) atoms. The number of halogens is 2. The smallest absolute Gasteiger partial charge is 0.286 e. The Morgan fingerprint density at radius 3 is 2.84 bits per heavy atom. The van der Waals surface area contributed by atoms with Gasteiger partial charge in [-0.1, -0.05) is 35.0 Å². The summed E-state index contributed by atoms with van der Waals surface area (Å²) >= 11 is 14.2. The summed E-state index contributed by atoms with van der Waals surface area (Å²) < 4.78 is 0. The predicted octanol–water partition coefficient (Wildman–Crippen LogP) is 3.72. The van der Waals surface area contributed by atoms with Gasteiger partial charge in [-0.15, -0.1) is 11.3 Å². The zero-order valence-corrected chi connectivity index (χ0v) is 15.7. The van der Waals surface area contributed by atoms with Crippen LogP contribution in [0, 0.1) is 0 Å². The topological polar surface area (TPSA) is 88.2 Å². The number of aromatic nitrogens is 1. The fraction of sp³-hybridized carbons (Fsp3) is 0.200. The van der Waals surface area contributed by atoms with E-state index in [1.54, 1.807) is 24.4 Å². The first kappa shape index (κ1) is 18.2. The molecule has 1 atom stereocenters. The van der Waals surface area contributed by atoms with Gasteiger partial charge in [0.15, 0.2) is 5.13 Å². The van der Waals surface area contributed by atoms with Crippen molar-refractivity contribution in [2.45, 2.75) is 18.1 Å². The molecule has 1 saturated heterocycles. The van der Waals surface area contributed by atoms with Crippen LogP contribution in [0.3, 0.4) is 0 Å². The van der Waals surface area contributed by atoms with Crippen molar-refractivity contribution in [3.63, 3.8) is 0 Å². The van der Waals surface area contributed by atoms with Gasteiger partial charge in [0.2, 0.25) is 11.8 Å². The molecule has 0 aliphatic carbocycles. The lowest BCUT2D eigenvalue weighted by molar-refractivity contribution is -0.122. The van der Waals surface area contributed by atoms with Gasteiger partial charge >= 0.3 is 0 Å². The molecule has 1 aliphatic heterocycles. The maximum Gasteiger partial charge on any atom is 0.286 e. The number of hydrogen-bond acceptors (Lipinski definition) is 6. The van der Waals surface area contributed by atoms with Crippen molar-refractivity contribution < 1.29 is 14.4 Å². The molecule has 0 bridgehead atoms. The maximum atomic E-state index is 12.0. The molecule has 3 rings (SSSR count). The van der Waals surface area contributed by atoms with Gasteiger partial charge in [-0.05, 0) is 23.8 Å². The van der Waals surface area contributed by atoms with Crippen LogP contribution in [0.25, 0.3) is 0 Å². The average Bonchev–Trinajstić information content (AvgIpc) is 3.09. The number of benzene rings is 1. The van der Waals surface area contributed by atoms with E-state index < -0.39 is 16.4 Å². The Morgan fingerprint density at radius 2 is 2.12 bits per heavy atom. The molecule has 10 heteroatoms. The normalized spacial score (nSPS) is 16.8. The number of hydrogen-bond donors (Lipinski definition) is 2. The summed E-state index contributed by atoms with van der Waals surface area (Å²) in [6.07, 6.45) is 2.11. The number of nitrogens with zero attached hydrogens (tertiary/aromatic N) is 1. The second-order valence-corrected chi connectivity index (χ2v) is 8.31. The molecule has 1 fully saturated rings. The summed E-state index contributed by atoms with van der Waals surface area (Å²) in [5.41, 5.74) is 0.869. The molecule has 1 unspecified atom stereocenters. The summed E-state index contributed by atoms with van der Waals surface area (Å²) in [5, 5.41) is 5.29. The van der Waals surface area contributed by atoms with Crippen LogP contribution < -0.4 is 10.6 Å². The van der Waals surface area contributed by atoms with Crippen LogP contribution in [0.4, 0.5) is 9.93 Å². The first-order valence-corrected chi connectivity index (χ1v) is 9.56. The van der Waals surface area contributed by atoms with Crippen molar-refractivity contribution in [1.29, 1.82) is 0 Å². The quantitative estimate of drug-likeness (QED) is 0.776. The highest BCUT2D eigenvalue weighted by atomic mass is 35.5. The Balaban J connectivity index is 1.60. The number of imide groups is 1. The van der Waals surface area contributed by atoms with Gasteiger partial charge in [0.25, 0.3) is 5.24 Å². The highest BCUT2D eigenvalue weighted by Gasteiger charge is 2.33. The molecule has 6 nitrogen and oxygen atoms in total. The van der Waals surface area contributed by atoms with Crippen LogP contribution in [-0.2, 0) is 16.0 Å². The van der Waals surface area contributed by atoms with Gasteiger partial charge in [-0.2, -0.15) is 0 Å². The first-order valence-electron chi connectivity index (χ1n) is 7.10. The minimum absolute atomic E-state index is 0.0860. The van der Waals surface area contributed by atoms with Crippen LogP contribution in [0.5, 0.6) is 0 Å².